The number of hydrogen-bond donors (Lipinski definition) is 1. The SMILES string of the molecule is CN1N=C(C(=O)Nc2ccc(F)c(Cl)c2)CCC1=O. The molecule has 19 heavy (non-hydrogen) atoms. The van der Waals surface area contributed by atoms with Gasteiger partial charge >= 0.3 is 0 Å². The van der Waals surface area contributed by atoms with Crippen LogP contribution >= 0.6 is 11.6 Å². The van der Waals surface area contributed by atoms with E-state index in [1.54, 1.807) is 0 Å². The first-order valence-electron chi connectivity index (χ1n) is 5.58. The van der Waals surface area contributed by atoms with Crippen molar-refractivity contribution in [3.05, 3.63) is 29.0 Å². The average Bonchev–Trinajstić information content (AvgIpc) is 2.37. The van der Waals surface area contributed by atoms with E-state index in [1.807, 2.05) is 0 Å². The van der Waals surface area contributed by atoms with Crippen molar-refractivity contribution < 1.29 is 14.0 Å². The Morgan fingerprint density at radius 1 is 1.47 bits per heavy atom. The third kappa shape index (κ3) is 3.08. The highest BCUT2D eigenvalue weighted by atomic mass is 35.5. The minimum absolute atomic E-state index is 0.0734. The molecule has 2 rings (SSSR count). The molecule has 0 aliphatic carbocycles. The number of carbonyl (C=O) groups is 2. The van der Waals surface area contributed by atoms with Gasteiger partial charge in [0.15, 0.2) is 0 Å². The van der Waals surface area contributed by atoms with Gasteiger partial charge in [0.1, 0.15) is 11.5 Å². The van der Waals surface area contributed by atoms with Crippen LogP contribution in [0.1, 0.15) is 12.8 Å². The van der Waals surface area contributed by atoms with E-state index >= 15 is 0 Å². The molecule has 0 saturated carbocycles. The molecular weight excluding hydrogens is 273 g/mol. The lowest BCUT2D eigenvalue weighted by molar-refractivity contribution is -0.130. The second-order valence-corrected chi connectivity index (χ2v) is 4.45. The summed E-state index contributed by atoms with van der Waals surface area (Å²) in [5.74, 6) is -1.12. The lowest BCUT2D eigenvalue weighted by Crippen LogP contribution is -2.34. The maximum Gasteiger partial charge on any atom is 0.271 e. The van der Waals surface area contributed by atoms with Crippen LogP contribution in [0.15, 0.2) is 23.3 Å². The second-order valence-electron chi connectivity index (χ2n) is 4.05. The predicted octanol–water partition coefficient (Wildman–Crippen LogP) is 2.03. The smallest absolute Gasteiger partial charge is 0.271 e. The lowest BCUT2D eigenvalue weighted by Gasteiger charge is -2.18. The molecule has 1 N–H and O–H groups in total. The number of anilines is 1. The number of nitrogens with zero attached hydrogens (tertiary/aromatic N) is 2. The maximum absolute atomic E-state index is 13.0. The van der Waals surface area contributed by atoms with Gasteiger partial charge in [-0.25, -0.2) is 9.40 Å². The van der Waals surface area contributed by atoms with Crippen molar-refractivity contribution in [3.63, 3.8) is 0 Å². The summed E-state index contributed by atoms with van der Waals surface area (Å²) < 4.78 is 13.0. The van der Waals surface area contributed by atoms with Crippen LogP contribution in [0, 0.1) is 5.82 Å². The molecule has 0 aromatic heterocycles. The van der Waals surface area contributed by atoms with Crippen molar-refractivity contribution in [1.82, 2.24) is 5.01 Å². The Kier molecular flexibility index (Phi) is 3.80. The molecule has 0 fully saturated rings. The first kappa shape index (κ1) is 13.5. The summed E-state index contributed by atoms with van der Waals surface area (Å²) in [5.41, 5.74) is 0.626. The van der Waals surface area contributed by atoms with Crippen LogP contribution in [-0.4, -0.2) is 29.6 Å². The quantitative estimate of drug-likeness (QED) is 0.903. The van der Waals surface area contributed by atoms with Gasteiger partial charge in [0.05, 0.1) is 5.02 Å². The third-order valence-corrected chi connectivity index (χ3v) is 2.94. The van der Waals surface area contributed by atoms with Crippen molar-refractivity contribution in [1.29, 1.82) is 0 Å². The third-order valence-electron chi connectivity index (χ3n) is 2.65. The Labute approximate surface area is 114 Å². The number of hydrazone groups is 1. The highest BCUT2D eigenvalue weighted by Gasteiger charge is 2.22. The van der Waals surface area contributed by atoms with E-state index < -0.39 is 11.7 Å². The summed E-state index contributed by atoms with van der Waals surface area (Å²) in [5, 5.41) is 7.50. The van der Waals surface area contributed by atoms with Crippen molar-refractivity contribution in [2.24, 2.45) is 5.10 Å². The van der Waals surface area contributed by atoms with Gasteiger partial charge in [-0.3, -0.25) is 9.59 Å². The van der Waals surface area contributed by atoms with Gasteiger partial charge in [-0.05, 0) is 18.2 Å². The Morgan fingerprint density at radius 2 is 2.21 bits per heavy atom. The zero-order valence-corrected chi connectivity index (χ0v) is 10.9. The summed E-state index contributed by atoms with van der Waals surface area (Å²) in [4.78, 5) is 23.1. The van der Waals surface area contributed by atoms with Gasteiger partial charge in [0.25, 0.3) is 5.91 Å². The first-order chi connectivity index (χ1) is 8.97. The van der Waals surface area contributed by atoms with E-state index in [2.05, 4.69) is 10.4 Å². The van der Waals surface area contributed by atoms with E-state index in [4.69, 9.17) is 11.6 Å². The highest BCUT2D eigenvalue weighted by Crippen LogP contribution is 2.19. The number of rotatable bonds is 2. The van der Waals surface area contributed by atoms with Crippen LogP contribution in [0.3, 0.4) is 0 Å². The Hall–Kier alpha value is -1.95. The number of carbonyl (C=O) groups excluding carboxylic acids is 2. The van der Waals surface area contributed by atoms with Crippen molar-refractivity contribution in [2.75, 3.05) is 12.4 Å². The summed E-state index contributed by atoms with van der Waals surface area (Å²) >= 11 is 5.62. The molecule has 100 valence electrons. The first-order valence-corrected chi connectivity index (χ1v) is 5.95. The molecule has 7 heteroatoms. The molecule has 1 aromatic carbocycles. The normalized spacial score (nSPS) is 15.2. The zero-order chi connectivity index (χ0) is 14.0. The number of nitrogens with one attached hydrogen (secondary N) is 1. The van der Waals surface area contributed by atoms with E-state index in [1.165, 1.54) is 19.2 Å². The minimum atomic E-state index is -0.556. The maximum atomic E-state index is 13.0. The molecule has 0 spiro atoms. The fraction of sp³-hybridized carbons (Fsp3) is 0.250. The molecule has 0 radical (unpaired) electrons. The number of amides is 2. The molecular formula is C12H11ClFN3O2. The molecule has 2 amide bonds. The largest absolute Gasteiger partial charge is 0.321 e. The van der Waals surface area contributed by atoms with Gasteiger partial charge in [-0.15, -0.1) is 0 Å². The molecule has 0 saturated heterocycles. The molecule has 5 nitrogen and oxygen atoms in total. The van der Waals surface area contributed by atoms with Crippen LogP contribution < -0.4 is 5.32 Å². The monoisotopic (exact) mass is 283 g/mol. The summed E-state index contributed by atoms with van der Waals surface area (Å²) in [7, 11) is 1.49. The Morgan fingerprint density at radius 3 is 2.84 bits per heavy atom. The van der Waals surface area contributed by atoms with Crippen LogP contribution in [0.4, 0.5) is 10.1 Å². The molecule has 1 aliphatic heterocycles. The molecule has 0 atom stereocenters. The Balaban J connectivity index is 2.11. The predicted molar refractivity (Wildman–Crippen MR) is 69.5 cm³/mol. The molecule has 1 heterocycles. The van der Waals surface area contributed by atoms with Crippen LogP contribution in [0.5, 0.6) is 0 Å². The van der Waals surface area contributed by atoms with E-state index in [9.17, 15) is 14.0 Å². The Bertz CT molecular complexity index is 574. The van der Waals surface area contributed by atoms with Crippen LogP contribution in [0.25, 0.3) is 0 Å². The number of hydrogen-bond acceptors (Lipinski definition) is 3. The number of halogens is 2. The van der Waals surface area contributed by atoms with Gasteiger partial charge in [-0.2, -0.15) is 5.10 Å². The summed E-state index contributed by atoms with van der Waals surface area (Å²) in [6.45, 7) is 0. The van der Waals surface area contributed by atoms with Gasteiger partial charge in [0.2, 0.25) is 5.91 Å². The molecule has 0 unspecified atom stereocenters. The summed E-state index contributed by atoms with van der Waals surface area (Å²) in [6, 6.07) is 3.88. The second kappa shape index (κ2) is 5.36. The van der Waals surface area contributed by atoms with Crippen molar-refractivity contribution >= 4 is 34.8 Å². The standard InChI is InChI=1S/C12H11ClFN3O2/c1-17-11(18)5-4-10(16-17)12(19)15-7-2-3-9(14)8(13)6-7/h2-3,6H,4-5H2,1H3,(H,15,19). The summed E-state index contributed by atoms with van der Waals surface area (Å²) in [6.07, 6.45) is 0.525. The van der Waals surface area contributed by atoms with E-state index in [0.717, 1.165) is 11.1 Å². The van der Waals surface area contributed by atoms with E-state index in [0.29, 0.717) is 5.69 Å². The topological polar surface area (TPSA) is 61.8 Å². The lowest BCUT2D eigenvalue weighted by atomic mass is 10.1. The molecule has 1 aliphatic rings. The zero-order valence-electron chi connectivity index (χ0n) is 10.1. The van der Waals surface area contributed by atoms with E-state index in [-0.39, 0.29) is 29.5 Å². The van der Waals surface area contributed by atoms with Gasteiger partial charge in [-0.1, -0.05) is 11.6 Å². The van der Waals surface area contributed by atoms with Crippen LogP contribution in [0.2, 0.25) is 5.02 Å². The van der Waals surface area contributed by atoms with Gasteiger partial charge < -0.3 is 5.32 Å². The van der Waals surface area contributed by atoms with Crippen molar-refractivity contribution in [3.8, 4) is 0 Å². The van der Waals surface area contributed by atoms with Gasteiger partial charge in [0, 0.05) is 25.6 Å². The van der Waals surface area contributed by atoms with Crippen molar-refractivity contribution in [2.45, 2.75) is 12.8 Å². The molecule has 0 bridgehead atoms. The fourth-order valence-electron chi connectivity index (χ4n) is 1.61. The van der Waals surface area contributed by atoms with Crippen LogP contribution in [-0.2, 0) is 9.59 Å². The highest BCUT2D eigenvalue weighted by molar-refractivity contribution is 6.43. The number of benzene rings is 1. The minimum Gasteiger partial charge on any atom is -0.321 e. The average molecular weight is 284 g/mol. The fourth-order valence-corrected chi connectivity index (χ4v) is 1.79. The molecule has 1 aromatic rings.